The number of nitro groups is 1. The first-order valence-corrected chi connectivity index (χ1v) is 9.10. The summed E-state index contributed by atoms with van der Waals surface area (Å²) in [5.41, 5.74) is -0.717. The van der Waals surface area contributed by atoms with Crippen LogP contribution in [0.3, 0.4) is 0 Å². The Morgan fingerprint density at radius 1 is 1.34 bits per heavy atom. The molecule has 2 aromatic heterocycles. The summed E-state index contributed by atoms with van der Waals surface area (Å²) in [6.07, 6.45) is 2.87. The number of nitrogens with zero attached hydrogens (tertiary/aromatic N) is 2. The lowest BCUT2D eigenvalue weighted by molar-refractivity contribution is -0.386. The lowest BCUT2D eigenvalue weighted by Crippen LogP contribution is -2.18. The van der Waals surface area contributed by atoms with Gasteiger partial charge in [-0.25, -0.2) is 0 Å². The average Bonchev–Trinajstić information content (AvgIpc) is 3.15. The molecule has 3 rings (SSSR count). The molecule has 0 saturated carbocycles. The number of aromatic nitrogens is 1. The van der Waals surface area contributed by atoms with E-state index >= 15 is 0 Å². The minimum atomic E-state index is -0.723. The maximum absolute atomic E-state index is 12.2. The molecule has 1 N–H and O–H groups in total. The molecule has 0 saturated heterocycles. The summed E-state index contributed by atoms with van der Waals surface area (Å²) in [5, 5.41) is 20.8. The second-order valence-corrected chi connectivity index (χ2v) is 6.83. The fourth-order valence-corrected chi connectivity index (χ4v) is 3.20. The maximum atomic E-state index is 12.2. The third kappa shape index (κ3) is 4.34. The van der Waals surface area contributed by atoms with E-state index in [-0.39, 0.29) is 23.4 Å². The fraction of sp³-hybridized carbons (Fsp3) is 0.100. The molecule has 2 heterocycles. The van der Waals surface area contributed by atoms with Crippen molar-refractivity contribution < 1.29 is 14.1 Å². The van der Waals surface area contributed by atoms with Crippen LogP contribution >= 0.6 is 15.9 Å². The van der Waals surface area contributed by atoms with Crippen molar-refractivity contribution in [3.63, 3.8) is 0 Å². The van der Waals surface area contributed by atoms with E-state index in [1.807, 2.05) is 24.3 Å². The number of hydrogen-bond acceptors (Lipinski definition) is 6. The highest BCUT2D eigenvalue weighted by molar-refractivity contribution is 9.10. The topological polar surface area (TPSA) is 122 Å². The molecular weight excluding hydrogens is 442 g/mol. The molecule has 0 aliphatic heterocycles. The molecule has 0 unspecified atom stereocenters. The van der Waals surface area contributed by atoms with Crippen molar-refractivity contribution in [3.8, 4) is 17.4 Å². The van der Waals surface area contributed by atoms with Crippen molar-refractivity contribution in [1.82, 2.24) is 4.98 Å². The van der Waals surface area contributed by atoms with Gasteiger partial charge in [-0.05, 0) is 36.4 Å². The summed E-state index contributed by atoms with van der Waals surface area (Å²) in [5.74, 6) is 1.06. The van der Waals surface area contributed by atoms with Gasteiger partial charge >= 0.3 is 0 Å². The van der Waals surface area contributed by atoms with E-state index in [0.717, 1.165) is 10.0 Å². The minimum Gasteiger partial charge on any atom is -0.457 e. The average molecular weight is 456 g/mol. The van der Waals surface area contributed by atoms with Crippen molar-refractivity contribution in [2.24, 2.45) is 0 Å². The Morgan fingerprint density at radius 2 is 2.14 bits per heavy atom. The number of nitrogens with one attached hydrogen (secondary N) is 1. The van der Waals surface area contributed by atoms with Gasteiger partial charge in [0.1, 0.15) is 28.8 Å². The van der Waals surface area contributed by atoms with E-state index in [2.05, 4.69) is 20.9 Å². The Hall–Kier alpha value is -3.48. The van der Waals surface area contributed by atoms with Gasteiger partial charge < -0.3 is 14.1 Å². The number of nitriles is 1. The first kappa shape index (κ1) is 20.3. The van der Waals surface area contributed by atoms with Crippen LogP contribution in [0.4, 0.5) is 5.69 Å². The zero-order valence-electron chi connectivity index (χ0n) is 15.1. The number of methoxy groups -OCH3 is 1. The quantitative estimate of drug-likeness (QED) is 0.431. The molecule has 9 heteroatoms. The van der Waals surface area contributed by atoms with Gasteiger partial charge in [0, 0.05) is 17.1 Å². The number of hydrogen-bond donors (Lipinski definition) is 1. The Bertz CT molecular complexity index is 1200. The second kappa shape index (κ2) is 8.68. The van der Waals surface area contributed by atoms with Gasteiger partial charge in [0.05, 0.1) is 17.1 Å². The smallest absolute Gasteiger partial charge is 0.299 e. The van der Waals surface area contributed by atoms with Crippen molar-refractivity contribution in [2.45, 2.75) is 6.61 Å². The molecule has 29 heavy (non-hydrogen) atoms. The van der Waals surface area contributed by atoms with Gasteiger partial charge in [-0.3, -0.25) is 14.9 Å². The van der Waals surface area contributed by atoms with Crippen LogP contribution in [0.1, 0.15) is 22.6 Å². The summed E-state index contributed by atoms with van der Waals surface area (Å²) < 4.78 is 11.6. The third-order valence-electron chi connectivity index (χ3n) is 4.05. The normalized spacial score (nSPS) is 10.9. The first-order chi connectivity index (χ1) is 13.9. The third-order valence-corrected chi connectivity index (χ3v) is 4.54. The molecule has 0 bridgehead atoms. The molecule has 0 atom stereocenters. The van der Waals surface area contributed by atoms with Crippen LogP contribution in [0.15, 0.2) is 50.1 Å². The van der Waals surface area contributed by atoms with Crippen LogP contribution in [0.25, 0.3) is 23.5 Å². The number of furan rings is 1. The van der Waals surface area contributed by atoms with Crippen LogP contribution in [-0.2, 0) is 11.3 Å². The van der Waals surface area contributed by atoms with Gasteiger partial charge in [-0.15, -0.1) is 0 Å². The molecule has 0 aliphatic rings. The number of halogens is 1. The van der Waals surface area contributed by atoms with Crippen molar-refractivity contribution in [2.75, 3.05) is 7.11 Å². The molecule has 0 aliphatic carbocycles. The molecule has 1 aromatic carbocycles. The summed E-state index contributed by atoms with van der Waals surface area (Å²) >= 11 is 3.40. The Morgan fingerprint density at radius 3 is 2.79 bits per heavy atom. The predicted octanol–water partition coefficient (Wildman–Crippen LogP) is 4.49. The van der Waals surface area contributed by atoms with E-state index in [1.165, 1.54) is 19.3 Å². The van der Waals surface area contributed by atoms with Crippen LogP contribution in [0.2, 0.25) is 0 Å². The number of rotatable bonds is 6. The van der Waals surface area contributed by atoms with E-state index in [4.69, 9.17) is 9.15 Å². The Balaban J connectivity index is 2.02. The van der Waals surface area contributed by atoms with Crippen LogP contribution in [0, 0.1) is 21.4 Å². The number of H-pyrrole nitrogens is 1. The van der Waals surface area contributed by atoms with E-state index in [0.29, 0.717) is 11.5 Å². The summed E-state index contributed by atoms with van der Waals surface area (Å²) in [7, 11) is 1.33. The highest BCUT2D eigenvalue weighted by atomic mass is 79.9. The molecule has 0 amide bonds. The number of ether oxygens (including phenoxy) is 1. The number of aromatic amines is 1. The van der Waals surface area contributed by atoms with Crippen molar-refractivity contribution >= 4 is 33.8 Å². The predicted molar refractivity (Wildman–Crippen MR) is 110 cm³/mol. The van der Waals surface area contributed by atoms with E-state index < -0.39 is 16.2 Å². The van der Waals surface area contributed by atoms with Gasteiger partial charge in [-0.2, -0.15) is 5.26 Å². The first-order valence-electron chi connectivity index (χ1n) is 8.31. The lowest BCUT2D eigenvalue weighted by Gasteiger charge is -2.06. The Kier molecular flexibility index (Phi) is 6.07. The second-order valence-electron chi connectivity index (χ2n) is 5.92. The minimum absolute atomic E-state index is 0.0496. The zero-order chi connectivity index (χ0) is 21.0. The van der Waals surface area contributed by atoms with Gasteiger partial charge in [0.25, 0.3) is 11.2 Å². The van der Waals surface area contributed by atoms with Gasteiger partial charge in [-0.1, -0.05) is 28.1 Å². The molecule has 0 spiro atoms. The van der Waals surface area contributed by atoms with Crippen molar-refractivity contribution in [3.05, 3.63) is 83.9 Å². The van der Waals surface area contributed by atoms with Gasteiger partial charge in [0.15, 0.2) is 0 Å². The SMILES string of the molecule is COCc1c([N+](=O)[O-])c(/C=C/c2ccc(-c3cccc(Br)c3)o2)[nH]c(=O)c1C#N. The molecule has 3 aromatic rings. The maximum Gasteiger partial charge on any atom is 0.299 e. The zero-order valence-corrected chi connectivity index (χ0v) is 16.7. The van der Waals surface area contributed by atoms with Crippen LogP contribution < -0.4 is 5.56 Å². The monoisotopic (exact) mass is 455 g/mol. The van der Waals surface area contributed by atoms with Crippen molar-refractivity contribution in [1.29, 1.82) is 5.26 Å². The summed E-state index contributed by atoms with van der Waals surface area (Å²) in [6, 6.07) is 12.7. The van der Waals surface area contributed by atoms with E-state index in [1.54, 1.807) is 18.2 Å². The van der Waals surface area contributed by atoms with Crippen LogP contribution in [-0.4, -0.2) is 17.0 Å². The lowest BCUT2D eigenvalue weighted by atomic mass is 10.1. The molecule has 0 fully saturated rings. The largest absolute Gasteiger partial charge is 0.457 e. The molecule has 8 nitrogen and oxygen atoms in total. The van der Waals surface area contributed by atoms with Gasteiger partial charge in [0.2, 0.25) is 0 Å². The highest BCUT2D eigenvalue weighted by Crippen LogP contribution is 2.28. The summed E-state index contributed by atoms with van der Waals surface area (Å²) in [4.78, 5) is 25.5. The Labute approximate surface area is 173 Å². The van der Waals surface area contributed by atoms with E-state index in [9.17, 15) is 20.2 Å². The number of benzene rings is 1. The summed E-state index contributed by atoms with van der Waals surface area (Å²) in [6.45, 7) is -0.238. The standard InChI is InChI=1S/C20H14BrN3O5/c1-28-11-16-15(10-22)20(25)23-17(19(16)24(26)27)7-5-14-6-8-18(29-14)12-3-2-4-13(21)9-12/h2-9H,11H2,1H3,(H,23,25)/b7-5+. The highest BCUT2D eigenvalue weighted by Gasteiger charge is 2.25. The number of pyridine rings is 1. The van der Waals surface area contributed by atoms with Crippen LogP contribution in [0.5, 0.6) is 0 Å². The molecule has 146 valence electrons. The fourth-order valence-electron chi connectivity index (χ4n) is 2.80. The molecular formula is C20H14BrN3O5. The molecule has 0 radical (unpaired) electrons.